The summed E-state index contributed by atoms with van der Waals surface area (Å²) < 4.78 is 13.0. The average Bonchev–Trinajstić information content (AvgIpc) is 3.89. The fourth-order valence-corrected chi connectivity index (χ4v) is 10.4. The number of benzene rings is 5. The Balaban J connectivity index is 1.12. The SMILES string of the molecule is CC(C)(C)c1ccnc(-n2c3cc(Oc4cccc(N5CN(C(C)(C)C)c6sc7ccccc7c65)c4)ccc3c3ccc4sc5ccccc5c4c32)c1. The lowest BCUT2D eigenvalue weighted by Crippen LogP contribution is -2.42. The molecule has 0 saturated heterocycles. The van der Waals surface area contributed by atoms with E-state index in [1.54, 1.807) is 0 Å². The first kappa shape index (κ1) is 32.3. The number of fused-ring (bicyclic) bond motifs is 10. The quantitative estimate of drug-likeness (QED) is 0.181. The Morgan fingerprint density at radius 1 is 0.642 bits per heavy atom. The molecular weight excluding hydrogens is 689 g/mol. The first-order valence-electron chi connectivity index (χ1n) is 18.2. The zero-order valence-electron chi connectivity index (χ0n) is 30.8. The van der Waals surface area contributed by atoms with Crippen LogP contribution in [0.15, 0.2) is 121 Å². The summed E-state index contributed by atoms with van der Waals surface area (Å²) in [6, 6.07) is 41.5. The minimum Gasteiger partial charge on any atom is -0.457 e. The van der Waals surface area contributed by atoms with E-state index in [9.17, 15) is 0 Å². The summed E-state index contributed by atoms with van der Waals surface area (Å²) in [5, 5.41) is 7.55. The van der Waals surface area contributed by atoms with Gasteiger partial charge in [-0.15, -0.1) is 22.7 Å². The lowest BCUT2D eigenvalue weighted by Gasteiger charge is -2.34. The van der Waals surface area contributed by atoms with Crippen LogP contribution in [0.25, 0.3) is 57.9 Å². The molecule has 0 amide bonds. The highest BCUT2D eigenvalue weighted by Crippen LogP contribution is 2.53. The van der Waals surface area contributed by atoms with Crippen LogP contribution >= 0.6 is 22.7 Å². The standard InChI is InChI=1S/C46H40N4OS2/c1-45(2,3)28-22-23-47-40(24-28)50-36-26-31(18-19-32(36)33-20-21-39-41(42(33)50)34-14-7-9-16-37(34)52-39)51-30-13-11-12-29(25-30)48-27-49(46(4,5)6)44-43(48)35-15-8-10-17-38(35)53-44/h7-26H,27H2,1-6H3. The Hall–Kier alpha value is -5.37. The number of hydrogen-bond acceptors (Lipinski definition) is 6. The maximum atomic E-state index is 6.78. The van der Waals surface area contributed by atoms with E-state index in [1.807, 2.05) is 28.9 Å². The summed E-state index contributed by atoms with van der Waals surface area (Å²) in [5.41, 5.74) is 5.86. The van der Waals surface area contributed by atoms with E-state index in [0.717, 1.165) is 35.2 Å². The van der Waals surface area contributed by atoms with Crippen LogP contribution in [0.3, 0.4) is 0 Å². The van der Waals surface area contributed by atoms with Gasteiger partial charge < -0.3 is 14.5 Å². The smallest absolute Gasteiger partial charge is 0.137 e. The molecule has 4 aromatic heterocycles. The highest BCUT2D eigenvalue weighted by Gasteiger charge is 2.37. The predicted molar refractivity (Wildman–Crippen MR) is 228 cm³/mol. The van der Waals surface area contributed by atoms with E-state index in [0.29, 0.717) is 0 Å². The van der Waals surface area contributed by atoms with Gasteiger partial charge in [-0.3, -0.25) is 4.57 Å². The van der Waals surface area contributed by atoms with Gasteiger partial charge >= 0.3 is 0 Å². The molecule has 0 radical (unpaired) electrons. The van der Waals surface area contributed by atoms with E-state index in [-0.39, 0.29) is 11.0 Å². The number of hydrogen-bond donors (Lipinski definition) is 0. The third-order valence-corrected chi connectivity index (χ3v) is 12.9. The fourth-order valence-electron chi connectivity index (χ4n) is 7.92. The Morgan fingerprint density at radius 3 is 2.17 bits per heavy atom. The summed E-state index contributed by atoms with van der Waals surface area (Å²) in [6.45, 7) is 14.4. The topological polar surface area (TPSA) is 33.5 Å². The van der Waals surface area contributed by atoms with Gasteiger partial charge in [0.2, 0.25) is 0 Å². The van der Waals surface area contributed by atoms with Crippen molar-refractivity contribution in [3.8, 4) is 17.3 Å². The van der Waals surface area contributed by atoms with Crippen molar-refractivity contribution in [2.45, 2.75) is 52.5 Å². The van der Waals surface area contributed by atoms with Gasteiger partial charge in [-0.1, -0.05) is 69.3 Å². The molecule has 0 N–H and O–H groups in total. The highest BCUT2D eigenvalue weighted by molar-refractivity contribution is 7.26. The number of nitrogens with zero attached hydrogens (tertiary/aromatic N) is 4. The van der Waals surface area contributed by atoms with Crippen LogP contribution < -0.4 is 14.5 Å². The number of rotatable bonds is 4. The third kappa shape index (κ3) is 5.12. The van der Waals surface area contributed by atoms with E-state index >= 15 is 0 Å². The lowest BCUT2D eigenvalue weighted by molar-refractivity contribution is 0.483. The van der Waals surface area contributed by atoms with Crippen LogP contribution in [-0.2, 0) is 5.41 Å². The van der Waals surface area contributed by atoms with E-state index in [2.05, 4.69) is 171 Å². The Morgan fingerprint density at radius 2 is 1.38 bits per heavy atom. The number of anilines is 3. The fraction of sp³-hybridized carbons (Fsp3) is 0.196. The predicted octanol–water partition coefficient (Wildman–Crippen LogP) is 13.6. The lowest BCUT2D eigenvalue weighted by atomic mass is 9.88. The molecule has 5 nitrogen and oxygen atoms in total. The van der Waals surface area contributed by atoms with Crippen molar-refractivity contribution in [3.05, 3.63) is 127 Å². The molecule has 1 aliphatic heterocycles. The van der Waals surface area contributed by atoms with Gasteiger partial charge in [-0.25, -0.2) is 4.98 Å². The van der Waals surface area contributed by atoms with Crippen LogP contribution in [-0.4, -0.2) is 21.8 Å². The van der Waals surface area contributed by atoms with Gasteiger partial charge in [-0.05, 0) is 86.3 Å². The first-order chi connectivity index (χ1) is 25.5. The monoisotopic (exact) mass is 728 g/mol. The van der Waals surface area contributed by atoms with Crippen molar-refractivity contribution in [2.75, 3.05) is 16.5 Å². The molecule has 1 aliphatic rings. The molecule has 0 spiro atoms. The zero-order valence-corrected chi connectivity index (χ0v) is 32.4. The van der Waals surface area contributed by atoms with E-state index in [4.69, 9.17) is 9.72 Å². The maximum absolute atomic E-state index is 6.78. The summed E-state index contributed by atoms with van der Waals surface area (Å²) in [7, 11) is 0. The Kier molecular flexibility index (Phi) is 7.05. The van der Waals surface area contributed by atoms with Crippen LogP contribution in [0.1, 0.15) is 47.1 Å². The number of aromatic nitrogens is 2. The number of ether oxygens (including phenoxy) is 1. The molecule has 53 heavy (non-hydrogen) atoms. The van der Waals surface area contributed by atoms with Crippen molar-refractivity contribution in [1.82, 2.24) is 9.55 Å². The molecule has 262 valence electrons. The van der Waals surface area contributed by atoms with Crippen LogP contribution in [0, 0.1) is 0 Å². The molecule has 5 heterocycles. The van der Waals surface area contributed by atoms with Crippen molar-refractivity contribution >= 4 is 91.1 Å². The van der Waals surface area contributed by atoms with Gasteiger partial charge in [-0.2, -0.15) is 0 Å². The van der Waals surface area contributed by atoms with E-state index in [1.165, 1.54) is 62.8 Å². The molecule has 0 aliphatic carbocycles. The van der Waals surface area contributed by atoms with Gasteiger partial charge in [0.25, 0.3) is 0 Å². The summed E-state index contributed by atoms with van der Waals surface area (Å²) in [6.07, 6.45) is 1.95. The van der Waals surface area contributed by atoms with Crippen LogP contribution in [0.2, 0.25) is 0 Å². The average molecular weight is 729 g/mol. The number of thiophene rings is 2. The second-order valence-electron chi connectivity index (χ2n) is 16.1. The van der Waals surface area contributed by atoms with Gasteiger partial charge in [0.1, 0.15) is 22.3 Å². The highest BCUT2D eigenvalue weighted by atomic mass is 32.1. The minimum absolute atomic E-state index is 0.0184. The summed E-state index contributed by atoms with van der Waals surface area (Å²) in [4.78, 5) is 9.97. The summed E-state index contributed by atoms with van der Waals surface area (Å²) >= 11 is 3.73. The molecular formula is C46H40N4OS2. The minimum atomic E-state index is -0.0193. The molecule has 0 bridgehead atoms. The molecule has 9 aromatic rings. The van der Waals surface area contributed by atoms with Crippen molar-refractivity contribution in [1.29, 1.82) is 0 Å². The normalized spacial score (nSPS) is 13.7. The Labute approximate surface area is 317 Å². The van der Waals surface area contributed by atoms with Crippen molar-refractivity contribution < 1.29 is 4.74 Å². The van der Waals surface area contributed by atoms with Crippen molar-refractivity contribution in [3.63, 3.8) is 0 Å². The van der Waals surface area contributed by atoms with Gasteiger partial charge in [0.15, 0.2) is 0 Å². The molecule has 0 unspecified atom stereocenters. The summed E-state index contributed by atoms with van der Waals surface area (Å²) in [5.74, 6) is 2.51. The second-order valence-corrected chi connectivity index (χ2v) is 18.2. The molecule has 0 fully saturated rings. The molecule has 5 aromatic carbocycles. The first-order valence-corrected chi connectivity index (χ1v) is 19.9. The molecule has 7 heteroatoms. The molecule has 10 rings (SSSR count). The zero-order chi connectivity index (χ0) is 36.2. The van der Waals surface area contributed by atoms with Gasteiger partial charge in [0, 0.05) is 70.6 Å². The van der Waals surface area contributed by atoms with E-state index < -0.39 is 0 Å². The van der Waals surface area contributed by atoms with Crippen LogP contribution in [0.4, 0.5) is 16.4 Å². The largest absolute Gasteiger partial charge is 0.457 e. The second kappa shape index (κ2) is 11.6. The van der Waals surface area contributed by atoms with Gasteiger partial charge in [0.05, 0.1) is 23.4 Å². The van der Waals surface area contributed by atoms with Crippen LogP contribution in [0.5, 0.6) is 11.5 Å². The van der Waals surface area contributed by atoms with Crippen molar-refractivity contribution in [2.24, 2.45) is 0 Å². The third-order valence-electron chi connectivity index (χ3n) is 10.6. The Bertz CT molecular complexity index is 2900. The maximum Gasteiger partial charge on any atom is 0.137 e. The molecule has 0 saturated carbocycles. The molecule has 0 atom stereocenters. The number of pyridine rings is 1.